The molecule has 2 rings (SSSR count). The van der Waals surface area contributed by atoms with Gasteiger partial charge in [0.2, 0.25) is 0 Å². The number of hydrogen-bond donors (Lipinski definition) is 1. The van der Waals surface area contributed by atoms with E-state index in [0.717, 1.165) is 10.6 Å². The molecule has 0 aliphatic carbocycles. The van der Waals surface area contributed by atoms with Crippen LogP contribution in [0.2, 0.25) is 0 Å². The van der Waals surface area contributed by atoms with Crippen molar-refractivity contribution in [3.63, 3.8) is 0 Å². The van der Waals surface area contributed by atoms with Crippen LogP contribution in [0.3, 0.4) is 0 Å². The molecule has 1 aromatic carbocycles. The molecule has 21 heavy (non-hydrogen) atoms. The maximum absolute atomic E-state index is 12.1. The Hall–Kier alpha value is -2.90. The fraction of sp³-hybridized carbons (Fsp3) is 0.231. The minimum atomic E-state index is -0.934. The van der Waals surface area contributed by atoms with E-state index in [-0.39, 0.29) is 23.2 Å². The van der Waals surface area contributed by atoms with Gasteiger partial charge in [0.25, 0.3) is 11.2 Å². The van der Waals surface area contributed by atoms with Gasteiger partial charge in [-0.25, -0.2) is 4.79 Å². The number of carbonyl (C=O) groups excluding carboxylic acids is 1. The van der Waals surface area contributed by atoms with Crippen LogP contribution >= 0.6 is 0 Å². The fourth-order valence-electron chi connectivity index (χ4n) is 2.01. The second-order valence-corrected chi connectivity index (χ2v) is 4.27. The lowest BCUT2D eigenvalue weighted by Gasteiger charge is -2.10. The minimum absolute atomic E-state index is 0.0553. The van der Waals surface area contributed by atoms with Gasteiger partial charge in [0.05, 0.1) is 17.0 Å². The summed E-state index contributed by atoms with van der Waals surface area (Å²) in [4.78, 5) is 34.0. The molecule has 0 atom stereocenters. The summed E-state index contributed by atoms with van der Waals surface area (Å²) in [5.74, 6) is -1.47. The average Bonchev–Trinajstić information content (AvgIpc) is 2.44. The topological polar surface area (TPSA) is 112 Å². The van der Waals surface area contributed by atoms with Crippen molar-refractivity contribution in [2.45, 2.75) is 6.92 Å². The molecule has 8 heteroatoms. The summed E-state index contributed by atoms with van der Waals surface area (Å²) in [5, 5.41) is 21.0. The van der Waals surface area contributed by atoms with Gasteiger partial charge in [0.15, 0.2) is 5.56 Å². The molecule has 0 spiro atoms. The SMILES string of the molecule is CCOC(=O)c1c(O)c2ccc([N+](=O)[O-])cc2n(C)c1=O. The minimum Gasteiger partial charge on any atom is -0.506 e. The molecule has 0 bridgehead atoms. The number of non-ortho nitro benzene ring substituents is 1. The number of aromatic nitrogens is 1. The highest BCUT2D eigenvalue weighted by molar-refractivity contribution is 5.99. The van der Waals surface area contributed by atoms with E-state index < -0.39 is 27.8 Å². The van der Waals surface area contributed by atoms with Crippen LogP contribution in [-0.2, 0) is 11.8 Å². The first kappa shape index (κ1) is 14.5. The van der Waals surface area contributed by atoms with Crippen LogP contribution in [0, 0.1) is 10.1 Å². The predicted molar refractivity (Wildman–Crippen MR) is 73.5 cm³/mol. The Bertz CT molecular complexity index is 808. The summed E-state index contributed by atoms with van der Waals surface area (Å²) in [6.07, 6.45) is 0. The predicted octanol–water partition coefficient (Wildman–Crippen LogP) is 1.33. The first-order valence-electron chi connectivity index (χ1n) is 6.05. The summed E-state index contributed by atoms with van der Waals surface area (Å²) >= 11 is 0. The van der Waals surface area contributed by atoms with Crippen molar-refractivity contribution in [2.24, 2.45) is 7.05 Å². The molecule has 1 heterocycles. The van der Waals surface area contributed by atoms with Crippen molar-refractivity contribution >= 4 is 22.6 Å². The summed E-state index contributed by atoms with van der Waals surface area (Å²) in [5.41, 5.74) is -1.33. The lowest BCUT2D eigenvalue weighted by Crippen LogP contribution is -2.26. The number of nitro groups is 1. The molecule has 1 aromatic heterocycles. The van der Waals surface area contributed by atoms with E-state index in [1.54, 1.807) is 6.92 Å². The average molecular weight is 292 g/mol. The van der Waals surface area contributed by atoms with Crippen LogP contribution in [0.1, 0.15) is 17.3 Å². The third kappa shape index (κ3) is 2.31. The highest BCUT2D eigenvalue weighted by atomic mass is 16.6. The van der Waals surface area contributed by atoms with Crippen molar-refractivity contribution < 1.29 is 19.6 Å². The number of pyridine rings is 1. The monoisotopic (exact) mass is 292 g/mol. The zero-order valence-corrected chi connectivity index (χ0v) is 11.3. The number of hydrogen-bond acceptors (Lipinski definition) is 6. The Morgan fingerprint density at radius 2 is 2.14 bits per heavy atom. The third-order valence-corrected chi connectivity index (χ3v) is 3.04. The highest BCUT2D eigenvalue weighted by Crippen LogP contribution is 2.29. The van der Waals surface area contributed by atoms with Crippen molar-refractivity contribution in [2.75, 3.05) is 6.61 Å². The van der Waals surface area contributed by atoms with Crippen molar-refractivity contribution in [1.29, 1.82) is 0 Å². The number of esters is 1. The Morgan fingerprint density at radius 3 is 2.71 bits per heavy atom. The maximum Gasteiger partial charge on any atom is 0.347 e. The highest BCUT2D eigenvalue weighted by Gasteiger charge is 2.23. The molecule has 2 aromatic rings. The Morgan fingerprint density at radius 1 is 1.48 bits per heavy atom. The number of carbonyl (C=O) groups is 1. The van der Waals surface area contributed by atoms with Crippen LogP contribution in [0.5, 0.6) is 5.75 Å². The Labute approximate surface area is 118 Å². The Balaban J connectivity index is 2.83. The number of nitro benzene ring substituents is 1. The van der Waals surface area contributed by atoms with Gasteiger partial charge in [-0.1, -0.05) is 0 Å². The van der Waals surface area contributed by atoms with Crippen LogP contribution < -0.4 is 5.56 Å². The fourth-order valence-corrected chi connectivity index (χ4v) is 2.01. The second kappa shape index (κ2) is 5.23. The lowest BCUT2D eigenvalue weighted by molar-refractivity contribution is -0.384. The van der Waals surface area contributed by atoms with E-state index in [1.165, 1.54) is 19.2 Å². The molecule has 110 valence electrons. The van der Waals surface area contributed by atoms with Gasteiger partial charge in [0, 0.05) is 24.6 Å². The first-order chi connectivity index (χ1) is 9.88. The number of rotatable bonds is 3. The van der Waals surface area contributed by atoms with Crippen LogP contribution in [0.15, 0.2) is 23.0 Å². The molecular formula is C13H12N2O6. The number of fused-ring (bicyclic) bond motifs is 1. The lowest BCUT2D eigenvalue weighted by atomic mass is 10.1. The van der Waals surface area contributed by atoms with E-state index in [4.69, 9.17) is 4.74 Å². The molecular weight excluding hydrogens is 280 g/mol. The number of aromatic hydroxyl groups is 1. The summed E-state index contributed by atoms with van der Waals surface area (Å²) in [6, 6.07) is 3.62. The van der Waals surface area contributed by atoms with E-state index in [1.807, 2.05) is 0 Å². The van der Waals surface area contributed by atoms with E-state index in [2.05, 4.69) is 0 Å². The van der Waals surface area contributed by atoms with Gasteiger partial charge < -0.3 is 14.4 Å². The summed E-state index contributed by atoms with van der Waals surface area (Å²) in [7, 11) is 1.36. The number of aryl methyl sites for hydroxylation is 1. The largest absolute Gasteiger partial charge is 0.506 e. The van der Waals surface area contributed by atoms with Gasteiger partial charge in [-0.3, -0.25) is 14.9 Å². The van der Waals surface area contributed by atoms with Crippen molar-refractivity contribution in [1.82, 2.24) is 4.57 Å². The van der Waals surface area contributed by atoms with Crippen LogP contribution in [-0.4, -0.2) is 27.2 Å². The quantitative estimate of drug-likeness (QED) is 0.519. The number of benzene rings is 1. The molecule has 0 amide bonds. The van der Waals surface area contributed by atoms with Gasteiger partial charge in [-0.2, -0.15) is 0 Å². The molecule has 0 saturated heterocycles. The van der Waals surface area contributed by atoms with E-state index >= 15 is 0 Å². The standard InChI is InChI=1S/C13H12N2O6/c1-3-21-13(18)10-11(16)8-5-4-7(15(19)20)6-9(8)14(2)12(10)17/h4-6,16H,3H2,1-2H3. The van der Waals surface area contributed by atoms with E-state index in [0.29, 0.717) is 0 Å². The zero-order valence-electron chi connectivity index (χ0n) is 11.3. The number of nitrogens with zero attached hydrogens (tertiary/aromatic N) is 2. The summed E-state index contributed by atoms with van der Waals surface area (Å²) < 4.78 is 5.80. The molecule has 0 saturated carbocycles. The molecule has 0 radical (unpaired) electrons. The van der Waals surface area contributed by atoms with Crippen LogP contribution in [0.25, 0.3) is 10.9 Å². The van der Waals surface area contributed by atoms with Gasteiger partial charge in [-0.05, 0) is 13.0 Å². The molecule has 0 unspecified atom stereocenters. The van der Waals surface area contributed by atoms with Crippen molar-refractivity contribution in [3.05, 3.63) is 44.2 Å². The smallest absolute Gasteiger partial charge is 0.347 e. The summed E-state index contributed by atoms with van der Waals surface area (Å²) in [6.45, 7) is 1.63. The Kier molecular flexibility index (Phi) is 3.62. The normalized spacial score (nSPS) is 10.6. The molecule has 0 aliphatic heterocycles. The maximum atomic E-state index is 12.1. The molecule has 8 nitrogen and oxygen atoms in total. The zero-order chi connectivity index (χ0) is 15.7. The van der Waals surface area contributed by atoms with Gasteiger partial charge in [0.1, 0.15) is 5.75 Å². The van der Waals surface area contributed by atoms with E-state index in [9.17, 15) is 24.8 Å². The van der Waals surface area contributed by atoms with Gasteiger partial charge >= 0.3 is 5.97 Å². The second-order valence-electron chi connectivity index (χ2n) is 4.27. The molecule has 1 N–H and O–H groups in total. The third-order valence-electron chi connectivity index (χ3n) is 3.04. The molecule has 0 aliphatic rings. The number of ether oxygens (including phenoxy) is 1. The molecule has 0 fully saturated rings. The van der Waals surface area contributed by atoms with Crippen molar-refractivity contribution in [3.8, 4) is 5.75 Å². The van der Waals surface area contributed by atoms with Crippen LogP contribution in [0.4, 0.5) is 5.69 Å². The van der Waals surface area contributed by atoms with Gasteiger partial charge in [-0.15, -0.1) is 0 Å². The first-order valence-corrected chi connectivity index (χ1v) is 6.05.